The standard InChI is InChI=1S/C7H6Cl3N/c8-5-1-4(3-11)2-6(9)7(5)10/h1-2H,3,11H2. The number of hydrogen-bond donors (Lipinski definition) is 1. The molecule has 0 unspecified atom stereocenters. The molecule has 0 heterocycles. The average molecular weight is 210 g/mol. The molecule has 0 fully saturated rings. The maximum absolute atomic E-state index is 5.73. The smallest absolute Gasteiger partial charge is 0.0778 e. The molecule has 0 amide bonds. The molecule has 0 aliphatic carbocycles. The SMILES string of the molecule is NCc1cc(Cl)c(Cl)c(Cl)c1. The first-order valence-electron chi connectivity index (χ1n) is 2.98. The van der Waals surface area contributed by atoms with Crippen LogP contribution in [0, 0.1) is 0 Å². The molecule has 0 saturated carbocycles. The summed E-state index contributed by atoms with van der Waals surface area (Å²) in [7, 11) is 0. The summed E-state index contributed by atoms with van der Waals surface area (Å²) < 4.78 is 0. The van der Waals surface area contributed by atoms with Crippen molar-refractivity contribution in [1.29, 1.82) is 0 Å². The first-order chi connectivity index (χ1) is 5.15. The summed E-state index contributed by atoms with van der Waals surface area (Å²) in [4.78, 5) is 0. The minimum Gasteiger partial charge on any atom is -0.326 e. The Labute approximate surface area is 80.0 Å². The zero-order valence-electron chi connectivity index (χ0n) is 5.57. The molecule has 11 heavy (non-hydrogen) atoms. The molecule has 1 aromatic carbocycles. The predicted octanol–water partition coefficient (Wildman–Crippen LogP) is 3.11. The molecule has 60 valence electrons. The third-order valence-corrected chi connectivity index (χ3v) is 2.48. The van der Waals surface area contributed by atoms with Gasteiger partial charge in [0.05, 0.1) is 15.1 Å². The highest BCUT2D eigenvalue weighted by Crippen LogP contribution is 2.30. The molecule has 0 aliphatic heterocycles. The largest absolute Gasteiger partial charge is 0.326 e. The van der Waals surface area contributed by atoms with Gasteiger partial charge in [0.25, 0.3) is 0 Å². The van der Waals surface area contributed by atoms with E-state index in [0.717, 1.165) is 5.56 Å². The summed E-state index contributed by atoms with van der Waals surface area (Å²) in [5.41, 5.74) is 6.26. The van der Waals surface area contributed by atoms with Crippen LogP contribution in [0.1, 0.15) is 5.56 Å². The molecular formula is C7H6Cl3N. The Kier molecular flexibility index (Phi) is 3.02. The lowest BCUT2D eigenvalue weighted by Crippen LogP contribution is -1.95. The minimum absolute atomic E-state index is 0.380. The molecule has 0 radical (unpaired) electrons. The van der Waals surface area contributed by atoms with Crippen molar-refractivity contribution in [2.24, 2.45) is 5.73 Å². The maximum Gasteiger partial charge on any atom is 0.0778 e. The molecule has 1 rings (SSSR count). The Bertz CT molecular complexity index is 249. The zero-order chi connectivity index (χ0) is 8.43. The van der Waals surface area contributed by atoms with Crippen molar-refractivity contribution in [1.82, 2.24) is 0 Å². The van der Waals surface area contributed by atoms with Crippen molar-refractivity contribution < 1.29 is 0 Å². The number of nitrogens with two attached hydrogens (primary N) is 1. The van der Waals surface area contributed by atoms with Crippen molar-refractivity contribution in [3.63, 3.8) is 0 Å². The number of halogens is 3. The monoisotopic (exact) mass is 209 g/mol. The number of hydrogen-bond acceptors (Lipinski definition) is 1. The van der Waals surface area contributed by atoms with Crippen molar-refractivity contribution in [2.45, 2.75) is 6.54 Å². The van der Waals surface area contributed by atoms with Gasteiger partial charge in [-0.25, -0.2) is 0 Å². The fraction of sp³-hybridized carbons (Fsp3) is 0.143. The highest BCUT2D eigenvalue weighted by Gasteiger charge is 2.03. The van der Waals surface area contributed by atoms with E-state index < -0.39 is 0 Å². The molecule has 1 nitrogen and oxygen atoms in total. The van der Waals surface area contributed by atoms with Crippen molar-refractivity contribution in [3.8, 4) is 0 Å². The molecule has 0 spiro atoms. The second-order valence-electron chi connectivity index (χ2n) is 2.08. The average Bonchev–Trinajstić information content (AvgIpc) is 1.99. The van der Waals surface area contributed by atoms with Crippen LogP contribution < -0.4 is 5.73 Å². The molecule has 2 N–H and O–H groups in total. The lowest BCUT2D eigenvalue weighted by Gasteiger charge is -2.01. The van der Waals surface area contributed by atoms with E-state index in [1.807, 2.05) is 0 Å². The summed E-state index contributed by atoms with van der Waals surface area (Å²) in [6, 6.07) is 3.41. The van der Waals surface area contributed by atoms with Gasteiger partial charge in [-0.2, -0.15) is 0 Å². The normalized spacial score (nSPS) is 10.2. The van der Waals surface area contributed by atoms with Crippen LogP contribution in [-0.4, -0.2) is 0 Å². The Balaban J connectivity index is 3.21. The maximum atomic E-state index is 5.73. The van der Waals surface area contributed by atoms with Gasteiger partial charge < -0.3 is 5.73 Å². The molecule has 0 atom stereocenters. The molecule has 0 aromatic heterocycles. The van der Waals surface area contributed by atoms with E-state index >= 15 is 0 Å². The highest BCUT2D eigenvalue weighted by atomic mass is 35.5. The van der Waals surface area contributed by atoms with Gasteiger partial charge in [-0.1, -0.05) is 34.8 Å². The van der Waals surface area contributed by atoms with Crippen LogP contribution >= 0.6 is 34.8 Å². The molecule has 4 heteroatoms. The van der Waals surface area contributed by atoms with E-state index in [1.54, 1.807) is 12.1 Å². The first kappa shape index (κ1) is 9.14. The van der Waals surface area contributed by atoms with Gasteiger partial charge in [0.15, 0.2) is 0 Å². The van der Waals surface area contributed by atoms with Gasteiger partial charge in [-0.3, -0.25) is 0 Å². The van der Waals surface area contributed by atoms with Crippen molar-refractivity contribution >= 4 is 34.8 Å². The highest BCUT2D eigenvalue weighted by molar-refractivity contribution is 6.48. The zero-order valence-corrected chi connectivity index (χ0v) is 7.84. The van der Waals surface area contributed by atoms with E-state index in [2.05, 4.69) is 0 Å². The number of rotatable bonds is 1. The van der Waals surface area contributed by atoms with Gasteiger partial charge >= 0.3 is 0 Å². The summed E-state index contributed by atoms with van der Waals surface area (Å²) in [6.07, 6.45) is 0. The Hall–Kier alpha value is 0.0500. The molecule has 0 bridgehead atoms. The van der Waals surface area contributed by atoms with Gasteiger partial charge in [-0.05, 0) is 17.7 Å². The summed E-state index contributed by atoms with van der Waals surface area (Å²) >= 11 is 17.2. The molecule has 1 aromatic rings. The molecular weight excluding hydrogens is 204 g/mol. The number of benzene rings is 1. The fourth-order valence-corrected chi connectivity index (χ4v) is 1.37. The van der Waals surface area contributed by atoms with Crippen LogP contribution in [-0.2, 0) is 6.54 Å². The van der Waals surface area contributed by atoms with Crippen molar-refractivity contribution in [3.05, 3.63) is 32.8 Å². The van der Waals surface area contributed by atoms with Crippen LogP contribution in [0.25, 0.3) is 0 Å². The van der Waals surface area contributed by atoms with E-state index in [4.69, 9.17) is 40.5 Å². The minimum atomic E-state index is 0.380. The summed E-state index contributed by atoms with van der Waals surface area (Å²) in [5.74, 6) is 0. The fourth-order valence-electron chi connectivity index (χ4n) is 0.726. The first-order valence-corrected chi connectivity index (χ1v) is 4.12. The van der Waals surface area contributed by atoms with Crippen molar-refractivity contribution in [2.75, 3.05) is 0 Å². The Morgan fingerprint density at radius 3 is 1.91 bits per heavy atom. The van der Waals surface area contributed by atoms with E-state index in [0.29, 0.717) is 21.6 Å². The van der Waals surface area contributed by atoms with Crippen LogP contribution in [0.4, 0.5) is 0 Å². The van der Waals surface area contributed by atoms with E-state index in [9.17, 15) is 0 Å². The second kappa shape index (κ2) is 3.63. The van der Waals surface area contributed by atoms with Crippen LogP contribution in [0.2, 0.25) is 15.1 Å². The lowest BCUT2D eigenvalue weighted by atomic mass is 10.2. The van der Waals surface area contributed by atoms with Crippen LogP contribution in [0.3, 0.4) is 0 Å². The quantitative estimate of drug-likeness (QED) is 0.708. The molecule has 0 aliphatic rings. The predicted molar refractivity (Wildman–Crippen MR) is 49.4 cm³/mol. The third-order valence-electron chi connectivity index (χ3n) is 1.28. The van der Waals surface area contributed by atoms with Crippen LogP contribution in [0.15, 0.2) is 12.1 Å². The van der Waals surface area contributed by atoms with Gasteiger partial charge in [0.2, 0.25) is 0 Å². The summed E-state index contributed by atoms with van der Waals surface area (Å²) in [6.45, 7) is 0.413. The third kappa shape index (κ3) is 2.00. The summed E-state index contributed by atoms with van der Waals surface area (Å²) in [5, 5.41) is 1.27. The van der Waals surface area contributed by atoms with Gasteiger partial charge in [-0.15, -0.1) is 0 Å². The van der Waals surface area contributed by atoms with E-state index in [1.165, 1.54) is 0 Å². The topological polar surface area (TPSA) is 26.0 Å². The van der Waals surface area contributed by atoms with Gasteiger partial charge in [0, 0.05) is 6.54 Å². The van der Waals surface area contributed by atoms with Gasteiger partial charge in [0.1, 0.15) is 0 Å². The lowest BCUT2D eigenvalue weighted by molar-refractivity contribution is 1.07. The molecule has 0 saturated heterocycles. The Morgan fingerprint density at radius 1 is 1.09 bits per heavy atom. The Morgan fingerprint density at radius 2 is 1.55 bits per heavy atom. The van der Waals surface area contributed by atoms with Crippen LogP contribution in [0.5, 0.6) is 0 Å². The second-order valence-corrected chi connectivity index (χ2v) is 3.27. The van der Waals surface area contributed by atoms with E-state index in [-0.39, 0.29) is 0 Å².